The van der Waals surface area contributed by atoms with Gasteiger partial charge in [-0.1, -0.05) is 6.08 Å². The van der Waals surface area contributed by atoms with Crippen LogP contribution in [0.25, 0.3) is 0 Å². The summed E-state index contributed by atoms with van der Waals surface area (Å²) in [6.07, 6.45) is 5.11. The summed E-state index contributed by atoms with van der Waals surface area (Å²) in [5, 5.41) is 3.35. The van der Waals surface area contributed by atoms with Gasteiger partial charge in [0.2, 0.25) is 0 Å². The van der Waals surface area contributed by atoms with Crippen molar-refractivity contribution in [2.45, 2.75) is 19.3 Å². The van der Waals surface area contributed by atoms with Crippen molar-refractivity contribution in [3.63, 3.8) is 0 Å². The minimum absolute atomic E-state index is 0.143. The highest BCUT2D eigenvalue weighted by atomic mass is 16.5. The SMILES string of the molecule is COc1cc2c(cc1OC)C(=O)C(=CC1CCNCC1)C2. The van der Waals surface area contributed by atoms with Gasteiger partial charge in [-0.05, 0) is 49.5 Å². The predicted octanol–water partition coefficient (Wildman–Crippen LogP) is 2.37. The molecule has 1 aromatic carbocycles. The lowest BCUT2D eigenvalue weighted by Gasteiger charge is -2.19. The van der Waals surface area contributed by atoms with E-state index >= 15 is 0 Å². The van der Waals surface area contributed by atoms with Crippen molar-refractivity contribution in [3.05, 3.63) is 34.9 Å². The van der Waals surface area contributed by atoms with Gasteiger partial charge < -0.3 is 14.8 Å². The Hall–Kier alpha value is -1.81. The van der Waals surface area contributed by atoms with E-state index in [0.717, 1.165) is 42.6 Å². The van der Waals surface area contributed by atoms with Crippen LogP contribution in [-0.4, -0.2) is 33.1 Å². The molecule has 0 spiro atoms. The molecule has 21 heavy (non-hydrogen) atoms. The molecule has 0 aromatic heterocycles. The van der Waals surface area contributed by atoms with E-state index in [2.05, 4.69) is 11.4 Å². The zero-order valence-electron chi connectivity index (χ0n) is 12.6. The Labute approximate surface area is 125 Å². The topological polar surface area (TPSA) is 47.6 Å². The quantitative estimate of drug-likeness (QED) is 0.867. The molecule has 1 aromatic rings. The van der Waals surface area contributed by atoms with Crippen molar-refractivity contribution < 1.29 is 14.3 Å². The van der Waals surface area contributed by atoms with Gasteiger partial charge in [-0.3, -0.25) is 4.79 Å². The highest BCUT2D eigenvalue weighted by molar-refractivity contribution is 6.13. The van der Waals surface area contributed by atoms with Crippen molar-refractivity contribution >= 4 is 5.78 Å². The highest BCUT2D eigenvalue weighted by Gasteiger charge is 2.28. The van der Waals surface area contributed by atoms with Crippen LogP contribution in [0.3, 0.4) is 0 Å². The second-order valence-corrected chi connectivity index (χ2v) is 5.65. The minimum atomic E-state index is 0.143. The van der Waals surface area contributed by atoms with E-state index in [9.17, 15) is 4.79 Å². The average molecular weight is 287 g/mol. The number of fused-ring (bicyclic) bond motifs is 1. The van der Waals surface area contributed by atoms with Gasteiger partial charge in [0.15, 0.2) is 17.3 Å². The molecule has 2 aliphatic rings. The third-order valence-corrected chi connectivity index (χ3v) is 4.35. The third-order valence-electron chi connectivity index (χ3n) is 4.35. The molecule has 4 nitrogen and oxygen atoms in total. The van der Waals surface area contributed by atoms with Crippen molar-refractivity contribution in [1.29, 1.82) is 0 Å². The number of piperidine rings is 1. The highest BCUT2D eigenvalue weighted by Crippen LogP contribution is 2.37. The maximum absolute atomic E-state index is 12.6. The van der Waals surface area contributed by atoms with E-state index in [1.54, 1.807) is 20.3 Å². The van der Waals surface area contributed by atoms with Crippen LogP contribution in [0.4, 0.5) is 0 Å². The largest absolute Gasteiger partial charge is 0.493 e. The van der Waals surface area contributed by atoms with Crippen LogP contribution in [-0.2, 0) is 6.42 Å². The van der Waals surface area contributed by atoms with E-state index in [0.29, 0.717) is 23.8 Å². The molecule has 1 heterocycles. The number of allylic oxidation sites excluding steroid dienone is 2. The van der Waals surface area contributed by atoms with Gasteiger partial charge in [0.1, 0.15) is 0 Å². The summed E-state index contributed by atoms with van der Waals surface area (Å²) in [5.41, 5.74) is 2.72. The number of nitrogens with one attached hydrogen (secondary N) is 1. The summed E-state index contributed by atoms with van der Waals surface area (Å²) in [7, 11) is 3.21. The molecule has 0 atom stereocenters. The smallest absolute Gasteiger partial charge is 0.189 e. The van der Waals surface area contributed by atoms with Crippen LogP contribution in [0.1, 0.15) is 28.8 Å². The van der Waals surface area contributed by atoms with Gasteiger partial charge in [0, 0.05) is 17.6 Å². The first-order chi connectivity index (χ1) is 10.2. The van der Waals surface area contributed by atoms with Crippen molar-refractivity contribution in [2.75, 3.05) is 27.3 Å². The molecule has 0 saturated carbocycles. The fraction of sp³-hybridized carbons (Fsp3) is 0.471. The van der Waals surface area contributed by atoms with E-state index in [-0.39, 0.29) is 5.78 Å². The molecule has 1 saturated heterocycles. The van der Waals surface area contributed by atoms with Gasteiger partial charge in [-0.25, -0.2) is 0 Å². The van der Waals surface area contributed by atoms with Crippen LogP contribution >= 0.6 is 0 Å². The maximum atomic E-state index is 12.6. The summed E-state index contributed by atoms with van der Waals surface area (Å²) in [6, 6.07) is 3.73. The standard InChI is InChI=1S/C17H21NO3/c1-20-15-9-12-8-13(7-11-3-5-18-6-4-11)17(19)14(12)10-16(15)21-2/h7,9-11,18H,3-6,8H2,1-2H3. The first kappa shape index (κ1) is 14.1. The van der Waals surface area contributed by atoms with Gasteiger partial charge in [-0.15, -0.1) is 0 Å². The molecule has 0 amide bonds. The predicted molar refractivity (Wildman–Crippen MR) is 81.3 cm³/mol. The number of rotatable bonds is 3. The Balaban J connectivity index is 1.89. The molecular formula is C17H21NO3. The second kappa shape index (κ2) is 5.90. The normalized spacial score (nSPS) is 20.7. The molecule has 0 unspecified atom stereocenters. The lowest BCUT2D eigenvalue weighted by atomic mass is 9.94. The summed E-state index contributed by atoms with van der Waals surface area (Å²) >= 11 is 0. The molecule has 1 aliphatic carbocycles. The molecule has 3 rings (SSSR count). The molecule has 4 heteroatoms. The molecular weight excluding hydrogens is 266 g/mol. The van der Waals surface area contributed by atoms with Crippen LogP contribution in [0.15, 0.2) is 23.8 Å². The zero-order chi connectivity index (χ0) is 14.8. The minimum Gasteiger partial charge on any atom is -0.493 e. The lowest BCUT2D eigenvalue weighted by molar-refractivity contribution is 0.103. The monoisotopic (exact) mass is 287 g/mol. The molecule has 0 radical (unpaired) electrons. The van der Waals surface area contributed by atoms with Crippen LogP contribution in [0, 0.1) is 5.92 Å². The Kier molecular flexibility index (Phi) is 3.97. The van der Waals surface area contributed by atoms with Gasteiger partial charge in [0.25, 0.3) is 0 Å². The number of hydrogen-bond acceptors (Lipinski definition) is 4. The summed E-state index contributed by atoms with van der Waals surface area (Å²) in [6.45, 7) is 2.08. The van der Waals surface area contributed by atoms with E-state index in [1.807, 2.05) is 6.07 Å². The van der Waals surface area contributed by atoms with Gasteiger partial charge in [0.05, 0.1) is 14.2 Å². The lowest BCUT2D eigenvalue weighted by Crippen LogP contribution is -2.27. The Morgan fingerprint density at radius 2 is 1.81 bits per heavy atom. The van der Waals surface area contributed by atoms with Crippen molar-refractivity contribution in [2.24, 2.45) is 5.92 Å². The Morgan fingerprint density at radius 1 is 1.14 bits per heavy atom. The Morgan fingerprint density at radius 3 is 2.48 bits per heavy atom. The van der Waals surface area contributed by atoms with Crippen LogP contribution in [0.5, 0.6) is 11.5 Å². The van der Waals surface area contributed by atoms with Gasteiger partial charge in [-0.2, -0.15) is 0 Å². The molecule has 112 valence electrons. The van der Waals surface area contributed by atoms with Crippen LogP contribution < -0.4 is 14.8 Å². The fourth-order valence-corrected chi connectivity index (χ4v) is 3.17. The Bertz CT molecular complexity index is 586. The number of ketones is 1. The molecule has 1 N–H and O–H groups in total. The third kappa shape index (κ3) is 2.68. The average Bonchev–Trinajstić information content (AvgIpc) is 2.82. The zero-order valence-corrected chi connectivity index (χ0v) is 12.6. The summed E-state index contributed by atoms with van der Waals surface area (Å²) in [5.74, 6) is 1.97. The van der Waals surface area contributed by atoms with E-state index < -0.39 is 0 Å². The molecule has 0 bridgehead atoms. The van der Waals surface area contributed by atoms with E-state index in [1.165, 1.54) is 0 Å². The maximum Gasteiger partial charge on any atom is 0.189 e. The van der Waals surface area contributed by atoms with Crippen molar-refractivity contribution in [1.82, 2.24) is 5.32 Å². The fourth-order valence-electron chi connectivity index (χ4n) is 3.17. The number of ether oxygens (including phenoxy) is 2. The van der Waals surface area contributed by atoms with Gasteiger partial charge >= 0.3 is 0 Å². The summed E-state index contributed by atoms with van der Waals surface area (Å²) in [4.78, 5) is 12.6. The number of hydrogen-bond donors (Lipinski definition) is 1. The number of benzene rings is 1. The number of carbonyl (C=O) groups excluding carboxylic acids is 1. The number of methoxy groups -OCH3 is 2. The van der Waals surface area contributed by atoms with E-state index in [4.69, 9.17) is 9.47 Å². The first-order valence-corrected chi connectivity index (χ1v) is 7.44. The second-order valence-electron chi connectivity index (χ2n) is 5.65. The molecule has 1 fully saturated rings. The van der Waals surface area contributed by atoms with Crippen LogP contribution in [0.2, 0.25) is 0 Å². The number of carbonyl (C=O) groups is 1. The number of Topliss-reactive ketones (excluding diaryl/α,β-unsaturated/α-hetero) is 1. The molecule has 1 aliphatic heterocycles. The first-order valence-electron chi connectivity index (χ1n) is 7.44. The van der Waals surface area contributed by atoms with Crippen molar-refractivity contribution in [3.8, 4) is 11.5 Å². The summed E-state index contributed by atoms with van der Waals surface area (Å²) < 4.78 is 10.6.